The van der Waals surface area contributed by atoms with Crippen LogP contribution >= 0.6 is 0 Å². The highest BCUT2D eigenvalue weighted by Gasteiger charge is 2.39. The molecule has 0 saturated heterocycles. The molecule has 3 rings (SSSR count). The van der Waals surface area contributed by atoms with E-state index in [2.05, 4.69) is 28.0 Å². The first-order valence-corrected chi connectivity index (χ1v) is 7.07. The highest BCUT2D eigenvalue weighted by Crippen LogP contribution is 2.48. The van der Waals surface area contributed by atoms with E-state index in [9.17, 15) is 0 Å². The molecule has 2 saturated carbocycles. The number of nitrogens with zero attached hydrogens (tertiary/aromatic N) is 2. The zero-order valence-electron chi connectivity index (χ0n) is 10.7. The van der Waals surface area contributed by atoms with Gasteiger partial charge in [-0.1, -0.05) is 13.3 Å². The molecule has 0 amide bonds. The van der Waals surface area contributed by atoms with Crippen molar-refractivity contribution in [3.63, 3.8) is 0 Å². The van der Waals surface area contributed by atoms with Crippen molar-refractivity contribution in [3.8, 4) is 0 Å². The van der Waals surface area contributed by atoms with Crippen molar-refractivity contribution in [1.29, 1.82) is 0 Å². The molecule has 1 N–H and O–H groups in total. The van der Waals surface area contributed by atoms with Crippen LogP contribution < -0.4 is 5.32 Å². The van der Waals surface area contributed by atoms with Gasteiger partial charge in [0.2, 0.25) is 0 Å². The third kappa shape index (κ3) is 2.25. The second kappa shape index (κ2) is 4.81. The summed E-state index contributed by atoms with van der Waals surface area (Å²) in [5, 5.41) is 3.37. The Labute approximate surface area is 104 Å². The van der Waals surface area contributed by atoms with Crippen molar-refractivity contribution in [2.45, 2.75) is 45.7 Å². The van der Waals surface area contributed by atoms with Gasteiger partial charge in [-0.15, -0.1) is 0 Å². The molecule has 0 aromatic carbocycles. The second-order valence-electron chi connectivity index (χ2n) is 5.71. The highest BCUT2D eigenvalue weighted by atomic mass is 15.1. The number of nitrogens with one attached hydrogen (secondary N) is 1. The maximum absolute atomic E-state index is 4.46. The number of aromatic nitrogens is 2. The van der Waals surface area contributed by atoms with Crippen molar-refractivity contribution in [2.75, 3.05) is 6.54 Å². The van der Waals surface area contributed by atoms with Crippen molar-refractivity contribution >= 4 is 0 Å². The molecule has 2 fully saturated rings. The molecule has 1 aromatic heterocycles. The van der Waals surface area contributed by atoms with Gasteiger partial charge >= 0.3 is 0 Å². The number of hydrogen-bond acceptors (Lipinski definition) is 2. The number of hydrogen-bond donors (Lipinski definition) is 1. The first-order valence-electron chi connectivity index (χ1n) is 7.07. The standard InChI is InChI=1S/C14H23N3/c1-2-15-9-14-16-5-6-17(14)10-13-8-11-3-4-12(13)7-11/h5-6,11-13,15H,2-4,7-10H2,1H3. The molecule has 94 valence electrons. The Bertz CT molecular complexity index is 371. The van der Waals surface area contributed by atoms with Crippen LogP contribution in [0.3, 0.4) is 0 Å². The molecular formula is C14H23N3. The fourth-order valence-electron chi connectivity index (χ4n) is 3.76. The van der Waals surface area contributed by atoms with Crippen LogP contribution in [0.5, 0.6) is 0 Å². The third-order valence-electron chi connectivity index (χ3n) is 4.65. The lowest BCUT2D eigenvalue weighted by atomic mass is 9.89. The van der Waals surface area contributed by atoms with Gasteiger partial charge in [0, 0.05) is 18.9 Å². The molecule has 3 unspecified atom stereocenters. The summed E-state index contributed by atoms with van der Waals surface area (Å²) in [4.78, 5) is 4.46. The summed E-state index contributed by atoms with van der Waals surface area (Å²) in [5.74, 6) is 4.18. The van der Waals surface area contributed by atoms with Crippen LogP contribution in [0.25, 0.3) is 0 Å². The number of imidazole rings is 1. The van der Waals surface area contributed by atoms with Crippen LogP contribution in [-0.4, -0.2) is 16.1 Å². The lowest BCUT2D eigenvalue weighted by molar-refractivity contribution is 0.292. The summed E-state index contributed by atoms with van der Waals surface area (Å²) in [7, 11) is 0. The van der Waals surface area contributed by atoms with E-state index in [-0.39, 0.29) is 0 Å². The van der Waals surface area contributed by atoms with Crippen LogP contribution in [0, 0.1) is 17.8 Å². The lowest BCUT2D eigenvalue weighted by Gasteiger charge is -2.22. The topological polar surface area (TPSA) is 29.9 Å². The van der Waals surface area contributed by atoms with Gasteiger partial charge in [0.05, 0.1) is 6.54 Å². The Balaban J connectivity index is 1.63. The van der Waals surface area contributed by atoms with E-state index in [0.717, 1.165) is 30.8 Å². The molecule has 0 radical (unpaired) electrons. The number of rotatable bonds is 5. The molecule has 3 heteroatoms. The Hall–Kier alpha value is -0.830. The molecule has 2 aliphatic carbocycles. The largest absolute Gasteiger partial charge is 0.334 e. The number of fused-ring (bicyclic) bond motifs is 2. The van der Waals surface area contributed by atoms with Crippen LogP contribution in [0.4, 0.5) is 0 Å². The maximum Gasteiger partial charge on any atom is 0.122 e. The molecular weight excluding hydrogens is 210 g/mol. The van der Waals surface area contributed by atoms with Crippen molar-refractivity contribution in [2.24, 2.45) is 17.8 Å². The van der Waals surface area contributed by atoms with Gasteiger partial charge in [-0.2, -0.15) is 0 Å². The molecule has 17 heavy (non-hydrogen) atoms. The minimum atomic E-state index is 0.907. The van der Waals surface area contributed by atoms with E-state index in [0.29, 0.717) is 0 Å². The zero-order valence-corrected chi connectivity index (χ0v) is 10.7. The van der Waals surface area contributed by atoms with E-state index in [4.69, 9.17) is 0 Å². The first kappa shape index (κ1) is 11.3. The normalized spacial score (nSPS) is 31.2. The minimum Gasteiger partial charge on any atom is -0.334 e. The van der Waals surface area contributed by atoms with E-state index in [1.807, 2.05) is 6.20 Å². The van der Waals surface area contributed by atoms with Gasteiger partial charge in [-0.05, 0) is 43.6 Å². The highest BCUT2D eigenvalue weighted by molar-refractivity contribution is 4.96. The van der Waals surface area contributed by atoms with Crippen LogP contribution in [0.15, 0.2) is 12.4 Å². The van der Waals surface area contributed by atoms with Crippen LogP contribution in [0.1, 0.15) is 38.4 Å². The van der Waals surface area contributed by atoms with Crippen molar-refractivity contribution < 1.29 is 0 Å². The second-order valence-corrected chi connectivity index (χ2v) is 5.71. The Morgan fingerprint density at radius 1 is 1.41 bits per heavy atom. The Morgan fingerprint density at radius 3 is 3.06 bits per heavy atom. The van der Waals surface area contributed by atoms with E-state index in [1.54, 1.807) is 0 Å². The molecule has 3 atom stereocenters. The monoisotopic (exact) mass is 233 g/mol. The summed E-state index contributed by atoms with van der Waals surface area (Å²) in [6, 6.07) is 0. The molecule has 0 spiro atoms. The van der Waals surface area contributed by atoms with Gasteiger partial charge in [0.25, 0.3) is 0 Å². The van der Waals surface area contributed by atoms with Crippen molar-refractivity contribution in [1.82, 2.24) is 14.9 Å². The average molecular weight is 233 g/mol. The van der Waals surface area contributed by atoms with Gasteiger partial charge in [0.15, 0.2) is 0 Å². The van der Waals surface area contributed by atoms with Crippen LogP contribution in [-0.2, 0) is 13.1 Å². The predicted octanol–water partition coefficient (Wildman–Crippen LogP) is 2.43. The molecule has 0 aliphatic heterocycles. The Morgan fingerprint density at radius 2 is 2.35 bits per heavy atom. The van der Waals surface area contributed by atoms with Crippen molar-refractivity contribution in [3.05, 3.63) is 18.2 Å². The van der Waals surface area contributed by atoms with E-state index in [1.165, 1.54) is 38.1 Å². The summed E-state index contributed by atoms with van der Waals surface area (Å²) in [6.45, 7) is 5.26. The zero-order chi connectivity index (χ0) is 11.7. The lowest BCUT2D eigenvalue weighted by Crippen LogP contribution is -2.21. The van der Waals surface area contributed by atoms with Gasteiger partial charge in [-0.25, -0.2) is 4.98 Å². The molecule has 1 aromatic rings. The average Bonchev–Trinajstić information content (AvgIpc) is 3.02. The Kier molecular flexibility index (Phi) is 3.19. The smallest absolute Gasteiger partial charge is 0.122 e. The summed E-state index contributed by atoms with van der Waals surface area (Å²) >= 11 is 0. The summed E-state index contributed by atoms with van der Waals surface area (Å²) in [5.41, 5.74) is 0. The molecule has 2 aliphatic rings. The van der Waals surface area contributed by atoms with Gasteiger partial charge < -0.3 is 9.88 Å². The maximum atomic E-state index is 4.46. The quantitative estimate of drug-likeness (QED) is 0.846. The summed E-state index contributed by atoms with van der Waals surface area (Å²) < 4.78 is 2.37. The fourth-order valence-corrected chi connectivity index (χ4v) is 3.76. The van der Waals surface area contributed by atoms with Gasteiger partial charge in [-0.3, -0.25) is 0 Å². The van der Waals surface area contributed by atoms with Crippen LogP contribution in [0.2, 0.25) is 0 Å². The molecule has 1 heterocycles. The van der Waals surface area contributed by atoms with E-state index < -0.39 is 0 Å². The first-order chi connectivity index (χ1) is 8.36. The van der Waals surface area contributed by atoms with Gasteiger partial charge in [0.1, 0.15) is 5.82 Å². The fraction of sp³-hybridized carbons (Fsp3) is 0.786. The third-order valence-corrected chi connectivity index (χ3v) is 4.65. The summed E-state index contributed by atoms with van der Waals surface area (Å²) in [6.07, 6.45) is 10.0. The molecule has 2 bridgehead atoms. The van der Waals surface area contributed by atoms with E-state index >= 15 is 0 Å². The minimum absolute atomic E-state index is 0.907. The SMILES string of the molecule is CCNCc1nccn1CC1CC2CCC1C2. The predicted molar refractivity (Wildman–Crippen MR) is 68.5 cm³/mol. The molecule has 3 nitrogen and oxygen atoms in total.